The van der Waals surface area contributed by atoms with E-state index in [1.54, 1.807) is 0 Å². The van der Waals surface area contributed by atoms with Gasteiger partial charge >= 0.3 is 0 Å². The summed E-state index contributed by atoms with van der Waals surface area (Å²) in [5.74, 6) is -0.978. The van der Waals surface area contributed by atoms with Crippen molar-refractivity contribution in [3.63, 3.8) is 0 Å². The standard InChI is InChI=1S/C22H20Cl2FNO3S/c1-2-15-3-5-16(6-4-15)13-26(14-17-7-9-19(25)10-8-17)30(28,29)21-12-18(23)11-20(24)22(21)27/h3-12,27H,2,13-14H2,1H3. The number of halogens is 3. The van der Waals surface area contributed by atoms with E-state index in [-0.39, 0.29) is 28.0 Å². The van der Waals surface area contributed by atoms with E-state index in [1.807, 2.05) is 31.2 Å². The summed E-state index contributed by atoms with van der Waals surface area (Å²) in [6.07, 6.45) is 0.868. The fourth-order valence-electron chi connectivity index (χ4n) is 2.98. The van der Waals surface area contributed by atoms with Crippen molar-refractivity contribution in [2.45, 2.75) is 31.3 Å². The van der Waals surface area contributed by atoms with Gasteiger partial charge in [0.15, 0.2) is 5.75 Å². The highest BCUT2D eigenvalue weighted by Crippen LogP contribution is 2.36. The fraction of sp³-hybridized carbons (Fsp3) is 0.182. The van der Waals surface area contributed by atoms with Crippen LogP contribution in [0.2, 0.25) is 10.0 Å². The first-order chi connectivity index (χ1) is 14.2. The normalized spacial score (nSPS) is 11.8. The smallest absolute Gasteiger partial charge is 0.247 e. The molecule has 3 aromatic carbocycles. The van der Waals surface area contributed by atoms with E-state index in [2.05, 4.69) is 0 Å². The number of benzene rings is 3. The van der Waals surface area contributed by atoms with Gasteiger partial charge in [-0.3, -0.25) is 0 Å². The van der Waals surface area contributed by atoms with Crippen molar-refractivity contribution >= 4 is 33.2 Å². The van der Waals surface area contributed by atoms with Crippen LogP contribution in [-0.2, 0) is 29.5 Å². The van der Waals surface area contributed by atoms with Crippen LogP contribution in [-0.4, -0.2) is 17.8 Å². The summed E-state index contributed by atoms with van der Waals surface area (Å²) in [6.45, 7) is 2.06. The average molecular weight is 468 g/mol. The van der Waals surface area contributed by atoms with Crippen LogP contribution in [0.4, 0.5) is 4.39 Å². The van der Waals surface area contributed by atoms with Gasteiger partial charge in [0.05, 0.1) is 5.02 Å². The van der Waals surface area contributed by atoms with Crippen LogP contribution in [0, 0.1) is 5.82 Å². The highest BCUT2D eigenvalue weighted by Gasteiger charge is 2.29. The number of hydrogen-bond acceptors (Lipinski definition) is 3. The quantitative estimate of drug-likeness (QED) is 0.478. The molecule has 0 aromatic heterocycles. The molecule has 0 aliphatic rings. The van der Waals surface area contributed by atoms with E-state index in [1.165, 1.54) is 34.6 Å². The summed E-state index contributed by atoms with van der Waals surface area (Å²) in [6, 6.07) is 15.6. The molecule has 158 valence electrons. The second kappa shape index (κ2) is 9.35. The van der Waals surface area contributed by atoms with Crippen molar-refractivity contribution in [3.8, 4) is 5.75 Å². The molecule has 0 saturated heterocycles. The third kappa shape index (κ3) is 5.13. The Balaban J connectivity index is 2.03. The van der Waals surface area contributed by atoms with Gasteiger partial charge < -0.3 is 5.11 Å². The first-order valence-corrected chi connectivity index (χ1v) is 11.4. The highest BCUT2D eigenvalue weighted by atomic mass is 35.5. The van der Waals surface area contributed by atoms with Gasteiger partial charge in [-0.15, -0.1) is 0 Å². The summed E-state index contributed by atoms with van der Waals surface area (Å²) in [4.78, 5) is -0.382. The molecule has 0 amide bonds. The monoisotopic (exact) mass is 467 g/mol. The van der Waals surface area contributed by atoms with Crippen LogP contribution in [0.15, 0.2) is 65.6 Å². The molecule has 4 nitrogen and oxygen atoms in total. The van der Waals surface area contributed by atoms with Gasteiger partial charge in [-0.05, 0) is 47.4 Å². The lowest BCUT2D eigenvalue weighted by molar-refractivity contribution is 0.394. The number of rotatable bonds is 7. The topological polar surface area (TPSA) is 57.6 Å². The minimum atomic E-state index is -4.18. The van der Waals surface area contributed by atoms with E-state index in [0.717, 1.165) is 23.6 Å². The van der Waals surface area contributed by atoms with Gasteiger partial charge in [-0.25, -0.2) is 12.8 Å². The van der Waals surface area contributed by atoms with Crippen LogP contribution in [0.5, 0.6) is 5.75 Å². The molecule has 0 aliphatic heterocycles. The predicted molar refractivity (Wildman–Crippen MR) is 117 cm³/mol. The SMILES string of the molecule is CCc1ccc(CN(Cc2ccc(F)cc2)S(=O)(=O)c2cc(Cl)cc(Cl)c2O)cc1. The van der Waals surface area contributed by atoms with E-state index < -0.39 is 21.6 Å². The van der Waals surface area contributed by atoms with Crippen molar-refractivity contribution in [3.05, 3.63) is 93.2 Å². The van der Waals surface area contributed by atoms with Crippen molar-refractivity contribution in [2.24, 2.45) is 0 Å². The van der Waals surface area contributed by atoms with E-state index >= 15 is 0 Å². The molecular formula is C22H20Cl2FNO3S. The van der Waals surface area contributed by atoms with Crippen LogP contribution in [0.3, 0.4) is 0 Å². The molecule has 0 unspecified atom stereocenters. The highest BCUT2D eigenvalue weighted by molar-refractivity contribution is 7.89. The largest absolute Gasteiger partial charge is 0.505 e. The molecule has 3 rings (SSSR count). The van der Waals surface area contributed by atoms with Crippen molar-refractivity contribution < 1.29 is 17.9 Å². The minimum Gasteiger partial charge on any atom is -0.505 e. The third-order valence-electron chi connectivity index (χ3n) is 4.67. The Bertz CT molecular complexity index is 1130. The Morgan fingerprint density at radius 2 is 1.40 bits per heavy atom. The number of sulfonamides is 1. The second-order valence-electron chi connectivity index (χ2n) is 6.80. The first kappa shape index (κ1) is 22.6. The van der Waals surface area contributed by atoms with Crippen LogP contribution < -0.4 is 0 Å². The number of aromatic hydroxyl groups is 1. The molecule has 0 aliphatic carbocycles. The number of nitrogens with zero attached hydrogens (tertiary/aromatic N) is 1. The summed E-state index contributed by atoms with van der Waals surface area (Å²) in [5, 5.41) is 10.2. The van der Waals surface area contributed by atoms with Gasteiger partial charge in [-0.1, -0.05) is 66.5 Å². The molecule has 1 N–H and O–H groups in total. The molecule has 3 aromatic rings. The van der Waals surface area contributed by atoms with Gasteiger partial charge in [0.1, 0.15) is 10.7 Å². The summed E-state index contributed by atoms with van der Waals surface area (Å²) in [5.41, 5.74) is 2.49. The molecule has 8 heteroatoms. The fourth-order valence-corrected chi connectivity index (χ4v) is 5.14. The Morgan fingerprint density at radius 3 is 1.93 bits per heavy atom. The van der Waals surface area contributed by atoms with Crippen LogP contribution >= 0.6 is 23.2 Å². The molecular weight excluding hydrogens is 448 g/mol. The van der Waals surface area contributed by atoms with Crippen molar-refractivity contribution in [1.29, 1.82) is 0 Å². The van der Waals surface area contributed by atoms with Gasteiger partial charge in [0, 0.05) is 18.1 Å². The molecule has 30 heavy (non-hydrogen) atoms. The Kier molecular flexibility index (Phi) is 7.03. The molecule has 0 fully saturated rings. The average Bonchev–Trinajstić information content (AvgIpc) is 2.72. The summed E-state index contributed by atoms with van der Waals surface area (Å²) < 4.78 is 41.3. The molecule has 0 saturated carbocycles. The Labute approximate surface area is 185 Å². The van der Waals surface area contributed by atoms with Crippen LogP contribution in [0.25, 0.3) is 0 Å². The van der Waals surface area contributed by atoms with Crippen LogP contribution in [0.1, 0.15) is 23.6 Å². The lowest BCUT2D eigenvalue weighted by Crippen LogP contribution is -2.30. The maximum absolute atomic E-state index is 13.4. The zero-order valence-electron chi connectivity index (χ0n) is 16.1. The molecule has 0 radical (unpaired) electrons. The first-order valence-electron chi connectivity index (χ1n) is 9.21. The number of hydrogen-bond donors (Lipinski definition) is 1. The lowest BCUT2D eigenvalue weighted by Gasteiger charge is -2.23. The maximum Gasteiger partial charge on any atom is 0.247 e. The van der Waals surface area contributed by atoms with Gasteiger partial charge in [0.25, 0.3) is 0 Å². The Morgan fingerprint density at radius 1 is 0.900 bits per heavy atom. The molecule has 0 bridgehead atoms. The molecule has 0 spiro atoms. The molecule has 0 heterocycles. The lowest BCUT2D eigenvalue weighted by atomic mass is 10.1. The third-order valence-corrected chi connectivity index (χ3v) is 6.98. The van der Waals surface area contributed by atoms with E-state index in [4.69, 9.17) is 23.2 Å². The maximum atomic E-state index is 13.4. The zero-order chi connectivity index (χ0) is 21.9. The summed E-state index contributed by atoms with van der Waals surface area (Å²) in [7, 11) is -4.18. The Hall–Kier alpha value is -2.12. The minimum absolute atomic E-state index is 0.0261. The van der Waals surface area contributed by atoms with Gasteiger partial charge in [0.2, 0.25) is 10.0 Å². The zero-order valence-corrected chi connectivity index (χ0v) is 18.5. The predicted octanol–water partition coefficient (Wildman–Crippen LogP) is 5.79. The number of phenolic OH excluding ortho intramolecular Hbond substituents is 1. The van der Waals surface area contributed by atoms with Crippen molar-refractivity contribution in [1.82, 2.24) is 4.31 Å². The van der Waals surface area contributed by atoms with Crippen molar-refractivity contribution in [2.75, 3.05) is 0 Å². The van der Waals surface area contributed by atoms with Gasteiger partial charge in [-0.2, -0.15) is 4.31 Å². The van der Waals surface area contributed by atoms with E-state index in [9.17, 15) is 17.9 Å². The second-order valence-corrected chi connectivity index (χ2v) is 9.55. The van der Waals surface area contributed by atoms with E-state index in [0.29, 0.717) is 5.56 Å². The number of aryl methyl sites for hydroxylation is 1. The summed E-state index contributed by atoms with van der Waals surface area (Å²) >= 11 is 11.9. The number of phenols is 1. The molecule has 0 atom stereocenters.